The molecule has 2 aliphatic heterocycles. The quantitative estimate of drug-likeness (QED) is 0.179. The minimum absolute atomic E-state index is 0.0205. The van der Waals surface area contributed by atoms with Gasteiger partial charge in [0.05, 0.1) is 30.4 Å². The number of carbonyl (C=O) groups excluding carboxylic acids is 3. The third kappa shape index (κ3) is 9.38. The van der Waals surface area contributed by atoms with E-state index in [0.29, 0.717) is 69.2 Å². The van der Waals surface area contributed by atoms with E-state index in [0.717, 1.165) is 31.6 Å². The zero-order valence-corrected chi connectivity index (χ0v) is 32.3. The van der Waals surface area contributed by atoms with Gasteiger partial charge in [-0.25, -0.2) is 9.69 Å². The van der Waals surface area contributed by atoms with Crippen molar-refractivity contribution in [1.29, 1.82) is 0 Å². The Morgan fingerprint density at radius 3 is 2.25 bits per heavy atom. The van der Waals surface area contributed by atoms with Crippen LogP contribution in [0, 0.1) is 0 Å². The van der Waals surface area contributed by atoms with Gasteiger partial charge in [0.2, 0.25) is 5.91 Å². The maximum absolute atomic E-state index is 14.3. The first-order chi connectivity index (χ1) is 26.7. The molecule has 2 fully saturated rings. The highest BCUT2D eigenvalue weighted by molar-refractivity contribution is 5.97. The molecule has 0 aliphatic carbocycles. The minimum Gasteiger partial charge on any atom is -0.496 e. The molecule has 4 aromatic rings. The molecule has 2 atom stereocenters. The van der Waals surface area contributed by atoms with Crippen LogP contribution in [0.4, 0.5) is 0 Å². The number of hydrazine groups is 1. The Bertz CT molecular complexity index is 1840. The van der Waals surface area contributed by atoms with Crippen LogP contribution >= 0.6 is 0 Å². The molecule has 2 unspecified atom stereocenters. The summed E-state index contributed by atoms with van der Waals surface area (Å²) in [6.07, 6.45) is 3.70. The van der Waals surface area contributed by atoms with Gasteiger partial charge in [-0.3, -0.25) is 24.7 Å². The molecule has 14 nitrogen and oxygen atoms in total. The summed E-state index contributed by atoms with van der Waals surface area (Å²) >= 11 is 0. The standard InChI is InChI=1S/C41H53N9O5/c1-5-55-39(52)31(2)48-24-26-49(27-25-48)43-40(53)41(34-14-10-7-11-15-34)19-22-47(23-20-41)21-18-33(32-12-8-6-9-13-32)29-46(3)38(51)36-28-35(16-17-37(36)54-4)50-30-42-44-45-50/h6-17,28,30-31,33H,5,18-27,29H2,1-4H3,(H,43,53). The van der Waals surface area contributed by atoms with Crippen LogP contribution in [0.25, 0.3) is 5.69 Å². The molecule has 1 aromatic heterocycles. The molecular formula is C41H53N9O5. The Labute approximate surface area is 323 Å². The Hall–Kier alpha value is -5.18. The first-order valence-corrected chi connectivity index (χ1v) is 19.2. The van der Waals surface area contributed by atoms with Crippen LogP contribution in [0.2, 0.25) is 0 Å². The fourth-order valence-corrected chi connectivity index (χ4v) is 7.78. The van der Waals surface area contributed by atoms with Gasteiger partial charge in [0.1, 0.15) is 18.1 Å². The van der Waals surface area contributed by atoms with Gasteiger partial charge in [-0.05, 0) is 92.5 Å². The number of tetrazole rings is 1. The normalized spacial score (nSPS) is 17.5. The average Bonchev–Trinajstić information content (AvgIpc) is 3.78. The summed E-state index contributed by atoms with van der Waals surface area (Å²) in [4.78, 5) is 46.8. The number of aromatic nitrogens is 4. The summed E-state index contributed by atoms with van der Waals surface area (Å²) in [5, 5.41) is 13.4. The lowest BCUT2D eigenvalue weighted by Crippen LogP contribution is -2.60. The number of hydrogen-bond donors (Lipinski definition) is 1. The molecule has 0 spiro atoms. The maximum Gasteiger partial charge on any atom is 0.323 e. The molecule has 55 heavy (non-hydrogen) atoms. The van der Waals surface area contributed by atoms with Crippen molar-refractivity contribution >= 4 is 17.8 Å². The molecule has 3 heterocycles. The summed E-state index contributed by atoms with van der Waals surface area (Å²) < 4.78 is 12.3. The molecular weight excluding hydrogens is 699 g/mol. The lowest BCUT2D eigenvalue weighted by Gasteiger charge is -2.43. The summed E-state index contributed by atoms with van der Waals surface area (Å²) in [6.45, 7) is 9.51. The third-order valence-electron chi connectivity index (χ3n) is 11.2. The van der Waals surface area contributed by atoms with Gasteiger partial charge >= 0.3 is 5.97 Å². The Morgan fingerprint density at radius 2 is 1.62 bits per heavy atom. The fourth-order valence-electron chi connectivity index (χ4n) is 7.78. The molecule has 0 saturated carbocycles. The number of esters is 1. The van der Waals surface area contributed by atoms with E-state index in [9.17, 15) is 14.4 Å². The molecule has 2 aliphatic rings. The van der Waals surface area contributed by atoms with Gasteiger partial charge in [-0.2, -0.15) is 0 Å². The first kappa shape index (κ1) is 39.5. The number of piperazine rings is 1. The van der Waals surface area contributed by atoms with Crippen LogP contribution in [-0.4, -0.2) is 137 Å². The van der Waals surface area contributed by atoms with Crippen molar-refractivity contribution in [3.8, 4) is 11.4 Å². The van der Waals surface area contributed by atoms with Crippen LogP contribution in [0.1, 0.15) is 60.5 Å². The monoisotopic (exact) mass is 751 g/mol. The molecule has 292 valence electrons. The zero-order valence-electron chi connectivity index (χ0n) is 32.3. The summed E-state index contributed by atoms with van der Waals surface area (Å²) in [5.41, 5.74) is 5.91. The maximum atomic E-state index is 14.3. The molecule has 2 saturated heterocycles. The lowest BCUT2D eigenvalue weighted by molar-refractivity contribution is -0.150. The van der Waals surface area contributed by atoms with Crippen molar-refractivity contribution < 1.29 is 23.9 Å². The molecule has 2 amide bonds. The van der Waals surface area contributed by atoms with Crippen molar-refractivity contribution in [2.24, 2.45) is 0 Å². The van der Waals surface area contributed by atoms with Crippen LogP contribution in [0.3, 0.4) is 0 Å². The number of likely N-dealkylation sites (N-methyl/N-ethyl adjacent to an activating group) is 1. The molecule has 14 heteroatoms. The number of carbonyl (C=O) groups is 3. The van der Waals surface area contributed by atoms with E-state index in [1.54, 1.807) is 24.1 Å². The van der Waals surface area contributed by atoms with Gasteiger partial charge in [0, 0.05) is 45.7 Å². The van der Waals surface area contributed by atoms with Gasteiger partial charge in [0.15, 0.2) is 0 Å². The lowest BCUT2D eigenvalue weighted by atomic mass is 9.72. The summed E-state index contributed by atoms with van der Waals surface area (Å²) in [6, 6.07) is 25.5. The van der Waals surface area contributed by atoms with Crippen molar-refractivity contribution in [3.63, 3.8) is 0 Å². The van der Waals surface area contributed by atoms with Crippen molar-refractivity contribution in [2.75, 3.05) is 73.1 Å². The van der Waals surface area contributed by atoms with Crippen molar-refractivity contribution in [2.45, 2.75) is 50.5 Å². The number of likely N-dealkylation sites (tertiary alicyclic amines) is 1. The van der Waals surface area contributed by atoms with E-state index < -0.39 is 5.41 Å². The SMILES string of the molecule is CCOC(=O)C(C)N1CCN(NC(=O)C2(c3ccccc3)CCN(CCC(CN(C)C(=O)c3cc(-n4cnnn4)ccc3OC)c3ccccc3)CC2)CC1. The number of nitrogens with one attached hydrogen (secondary N) is 1. The molecule has 0 bridgehead atoms. The molecule has 6 rings (SSSR count). The fraction of sp³-hybridized carbons (Fsp3) is 0.463. The van der Waals surface area contributed by atoms with Crippen LogP contribution < -0.4 is 10.2 Å². The van der Waals surface area contributed by atoms with E-state index in [4.69, 9.17) is 9.47 Å². The minimum atomic E-state index is -0.658. The Morgan fingerprint density at radius 1 is 0.927 bits per heavy atom. The van der Waals surface area contributed by atoms with E-state index in [1.165, 1.54) is 16.6 Å². The summed E-state index contributed by atoms with van der Waals surface area (Å²) in [7, 11) is 3.39. The number of ether oxygens (including phenoxy) is 2. The second kappa shape index (κ2) is 18.4. The number of benzene rings is 3. The number of nitrogens with zero attached hydrogens (tertiary/aromatic N) is 8. The van der Waals surface area contributed by atoms with Crippen molar-refractivity contribution in [1.82, 2.24) is 45.3 Å². The number of amides is 2. The highest BCUT2D eigenvalue weighted by atomic mass is 16.5. The second-order valence-electron chi connectivity index (χ2n) is 14.4. The van der Waals surface area contributed by atoms with Crippen molar-refractivity contribution in [3.05, 3.63) is 102 Å². The largest absolute Gasteiger partial charge is 0.496 e. The predicted octanol–water partition coefficient (Wildman–Crippen LogP) is 3.55. The van der Waals surface area contributed by atoms with Gasteiger partial charge in [-0.1, -0.05) is 60.7 Å². The third-order valence-corrected chi connectivity index (χ3v) is 11.2. The number of piperidine rings is 1. The van der Waals surface area contributed by atoms with Crippen LogP contribution in [0.5, 0.6) is 5.75 Å². The van der Waals surface area contributed by atoms with Gasteiger partial charge < -0.3 is 19.3 Å². The predicted molar refractivity (Wildman–Crippen MR) is 208 cm³/mol. The average molecular weight is 752 g/mol. The van der Waals surface area contributed by atoms with E-state index in [1.807, 2.05) is 68.4 Å². The second-order valence-corrected chi connectivity index (χ2v) is 14.4. The van der Waals surface area contributed by atoms with Crippen LogP contribution in [-0.2, 0) is 19.7 Å². The topological polar surface area (TPSA) is 138 Å². The first-order valence-electron chi connectivity index (χ1n) is 19.2. The Balaban J connectivity index is 1.10. The van der Waals surface area contributed by atoms with Gasteiger partial charge in [0.25, 0.3) is 5.91 Å². The Kier molecular flexibility index (Phi) is 13.2. The molecule has 1 N–H and O–H groups in total. The van der Waals surface area contributed by atoms with Gasteiger partial charge in [-0.15, -0.1) is 5.10 Å². The summed E-state index contributed by atoms with van der Waals surface area (Å²) in [5.74, 6) is 0.217. The zero-order chi connectivity index (χ0) is 38.8. The van der Waals surface area contributed by atoms with E-state index >= 15 is 0 Å². The number of rotatable bonds is 15. The highest BCUT2D eigenvalue weighted by Gasteiger charge is 2.44. The highest BCUT2D eigenvalue weighted by Crippen LogP contribution is 2.37. The van der Waals surface area contributed by atoms with E-state index in [2.05, 4.69) is 55.0 Å². The molecule has 0 radical (unpaired) electrons. The van der Waals surface area contributed by atoms with E-state index in [-0.39, 0.29) is 29.7 Å². The smallest absolute Gasteiger partial charge is 0.323 e. The van der Waals surface area contributed by atoms with Crippen LogP contribution in [0.15, 0.2) is 85.2 Å². The number of hydrogen-bond acceptors (Lipinski definition) is 11. The number of methoxy groups -OCH3 is 1. The molecule has 3 aromatic carbocycles.